The molecule has 2 fully saturated rings. The Kier molecular flexibility index (Phi) is 3.65. The Balaban J connectivity index is 1.69. The summed E-state index contributed by atoms with van der Waals surface area (Å²) in [5.74, 6) is 0.804. The van der Waals surface area contributed by atoms with E-state index in [9.17, 15) is 0 Å². The molecular formula is C15H24N4O. The van der Waals surface area contributed by atoms with Crippen molar-refractivity contribution in [3.63, 3.8) is 0 Å². The summed E-state index contributed by atoms with van der Waals surface area (Å²) in [6.07, 6.45) is 2.48. The number of nitrogens with zero attached hydrogens (tertiary/aromatic N) is 4. The second kappa shape index (κ2) is 5.30. The van der Waals surface area contributed by atoms with Gasteiger partial charge in [-0.3, -0.25) is 4.90 Å². The van der Waals surface area contributed by atoms with Crippen molar-refractivity contribution in [1.29, 1.82) is 0 Å². The second-order valence-electron chi connectivity index (χ2n) is 6.46. The Hall–Kier alpha value is -1.20. The van der Waals surface area contributed by atoms with E-state index in [1.165, 1.54) is 12.8 Å². The van der Waals surface area contributed by atoms with E-state index < -0.39 is 0 Å². The number of ether oxygens (including phenoxy) is 1. The molecule has 3 heterocycles. The topological polar surface area (TPSA) is 41.5 Å². The Morgan fingerprint density at radius 1 is 1.35 bits per heavy atom. The zero-order valence-corrected chi connectivity index (χ0v) is 12.7. The molecule has 0 N–H and O–H groups in total. The minimum atomic E-state index is 0.423. The summed E-state index contributed by atoms with van der Waals surface area (Å²) in [7, 11) is 3.97. The molecule has 1 spiro atoms. The first-order valence-corrected chi connectivity index (χ1v) is 7.38. The standard InChI is InChI=1S/C15H24N4O/c1-12-8-13(17-14(16-12)18(2)3)9-19-6-4-15(10-19)5-7-20-11-15/h8H,4-7,9-11H2,1-3H3/t15-/m1/s1. The molecule has 1 aromatic rings. The minimum absolute atomic E-state index is 0.423. The zero-order valence-electron chi connectivity index (χ0n) is 12.7. The number of hydrogen-bond donors (Lipinski definition) is 0. The van der Waals surface area contributed by atoms with Crippen LogP contribution in [-0.4, -0.2) is 55.3 Å². The van der Waals surface area contributed by atoms with Crippen LogP contribution >= 0.6 is 0 Å². The van der Waals surface area contributed by atoms with Crippen LogP contribution in [0.25, 0.3) is 0 Å². The number of likely N-dealkylation sites (tertiary alicyclic amines) is 1. The van der Waals surface area contributed by atoms with Gasteiger partial charge < -0.3 is 9.64 Å². The highest BCUT2D eigenvalue weighted by Gasteiger charge is 2.41. The Labute approximate surface area is 121 Å². The van der Waals surface area contributed by atoms with Crippen LogP contribution in [-0.2, 0) is 11.3 Å². The van der Waals surface area contributed by atoms with Gasteiger partial charge in [-0.25, -0.2) is 9.97 Å². The number of aromatic nitrogens is 2. The molecule has 0 unspecified atom stereocenters. The SMILES string of the molecule is Cc1cc(CN2CC[C@@]3(CCOC3)C2)nc(N(C)C)n1. The van der Waals surface area contributed by atoms with Crippen molar-refractivity contribution < 1.29 is 4.74 Å². The zero-order chi connectivity index (χ0) is 14.2. The largest absolute Gasteiger partial charge is 0.381 e. The molecular weight excluding hydrogens is 252 g/mol. The molecule has 5 nitrogen and oxygen atoms in total. The Bertz CT molecular complexity index is 483. The van der Waals surface area contributed by atoms with Crippen molar-refractivity contribution in [2.75, 3.05) is 45.3 Å². The first-order chi connectivity index (χ1) is 9.56. The summed E-state index contributed by atoms with van der Waals surface area (Å²) in [6.45, 7) is 7.14. The third kappa shape index (κ3) is 2.79. The van der Waals surface area contributed by atoms with E-state index in [0.717, 1.165) is 50.2 Å². The van der Waals surface area contributed by atoms with E-state index in [0.29, 0.717) is 5.41 Å². The molecule has 2 saturated heterocycles. The molecule has 20 heavy (non-hydrogen) atoms. The average Bonchev–Trinajstić information content (AvgIpc) is 3.00. The molecule has 1 aromatic heterocycles. The first-order valence-electron chi connectivity index (χ1n) is 7.38. The summed E-state index contributed by atoms with van der Waals surface area (Å²) < 4.78 is 5.59. The van der Waals surface area contributed by atoms with Gasteiger partial charge in [0.15, 0.2) is 0 Å². The van der Waals surface area contributed by atoms with Crippen LogP contribution in [0.2, 0.25) is 0 Å². The lowest BCUT2D eigenvalue weighted by molar-refractivity contribution is 0.151. The maximum atomic E-state index is 5.59. The molecule has 0 radical (unpaired) electrons. The van der Waals surface area contributed by atoms with E-state index in [1.54, 1.807) is 0 Å². The third-order valence-corrected chi connectivity index (χ3v) is 4.38. The van der Waals surface area contributed by atoms with E-state index in [2.05, 4.69) is 20.9 Å². The molecule has 0 saturated carbocycles. The fourth-order valence-electron chi connectivity index (χ4n) is 3.26. The summed E-state index contributed by atoms with van der Waals surface area (Å²) >= 11 is 0. The highest BCUT2D eigenvalue weighted by atomic mass is 16.5. The lowest BCUT2D eigenvalue weighted by Gasteiger charge is -2.22. The van der Waals surface area contributed by atoms with Gasteiger partial charge in [0, 0.05) is 44.9 Å². The number of aryl methyl sites for hydroxylation is 1. The minimum Gasteiger partial charge on any atom is -0.381 e. The van der Waals surface area contributed by atoms with Gasteiger partial charge in [0.25, 0.3) is 0 Å². The predicted molar refractivity (Wildman–Crippen MR) is 78.9 cm³/mol. The molecule has 2 aliphatic heterocycles. The average molecular weight is 276 g/mol. The lowest BCUT2D eigenvalue weighted by Crippen LogP contribution is -2.27. The number of hydrogen-bond acceptors (Lipinski definition) is 5. The van der Waals surface area contributed by atoms with Crippen LogP contribution in [0.15, 0.2) is 6.07 Å². The fraction of sp³-hybridized carbons (Fsp3) is 0.733. The highest BCUT2D eigenvalue weighted by molar-refractivity contribution is 5.29. The lowest BCUT2D eigenvalue weighted by atomic mass is 9.87. The summed E-state index contributed by atoms with van der Waals surface area (Å²) in [5, 5.41) is 0. The van der Waals surface area contributed by atoms with E-state index in [-0.39, 0.29) is 0 Å². The molecule has 0 aromatic carbocycles. The fourth-order valence-corrected chi connectivity index (χ4v) is 3.26. The first kappa shape index (κ1) is 13.8. The van der Waals surface area contributed by atoms with Gasteiger partial charge in [0.05, 0.1) is 12.3 Å². The number of rotatable bonds is 3. The molecule has 3 rings (SSSR count). The highest BCUT2D eigenvalue weighted by Crippen LogP contribution is 2.38. The van der Waals surface area contributed by atoms with Gasteiger partial charge >= 0.3 is 0 Å². The second-order valence-corrected chi connectivity index (χ2v) is 6.46. The van der Waals surface area contributed by atoms with E-state index >= 15 is 0 Å². The Morgan fingerprint density at radius 3 is 2.90 bits per heavy atom. The normalized spacial score (nSPS) is 26.6. The van der Waals surface area contributed by atoms with Crippen LogP contribution in [0.5, 0.6) is 0 Å². The van der Waals surface area contributed by atoms with E-state index in [1.807, 2.05) is 25.9 Å². The van der Waals surface area contributed by atoms with Crippen LogP contribution in [0.1, 0.15) is 24.2 Å². The van der Waals surface area contributed by atoms with Crippen molar-refractivity contribution in [1.82, 2.24) is 14.9 Å². The van der Waals surface area contributed by atoms with Gasteiger partial charge in [-0.2, -0.15) is 0 Å². The molecule has 0 amide bonds. The van der Waals surface area contributed by atoms with Gasteiger partial charge in [-0.15, -0.1) is 0 Å². The van der Waals surface area contributed by atoms with Crippen LogP contribution in [0.4, 0.5) is 5.95 Å². The smallest absolute Gasteiger partial charge is 0.225 e. The van der Waals surface area contributed by atoms with Gasteiger partial charge in [-0.05, 0) is 32.4 Å². The summed E-state index contributed by atoms with van der Waals surface area (Å²) in [4.78, 5) is 13.6. The molecule has 2 aliphatic rings. The monoisotopic (exact) mass is 276 g/mol. The molecule has 0 bridgehead atoms. The van der Waals surface area contributed by atoms with Crippen molar-refractivity contribution in [3.8, 4) is 0 Å². The summed E-state index contributed by atoms with van der Waals surface area (Å²) in [5.41, 5.74) is 2.58. The van der Waals surface area contributed by atoms with E-state index in [4.69, 9.17) is 4.74 Å². The van der Waals surface area contributed by atoms with Crippen LogP contribution < -0.4 is 4.90 Å². The van der Waals surface area contributed by atoms with Crippen molar-refractivity contribution in [3.05, 3.63) is 17.5 Å². The van der Waals surface area contributed by atoms with Crippen molar-refractivity contribution in [2.45, 2.75) is 26.3 Å². The molecule has 5 heteroatoms. The van der Waals surface area contributed by atoms with Crippen LogP contribution in [0, 0.1) is 12.3 Å². The molecule has 0 aliphatic carbocycles. The maximum absolute atomic E-state index is 5.59. The molecule has 1 atom stereocenters. The van der Waals surface area contributed by atoms with Gasteiger partial charge in [-0.1, -0.05) is 0 Å². The van der Waals surface area contributed by atoms with Gasteiger partial charge in [0.2, 0.25) is 5.95 Å². The van der Waals surface area contributed by atoms with Crippen molar-refractivity contribution >= 4 is 5.95 Å². The van der Waals surface area contributed by atoms with Crippen molar-refractivity contribution in [2.24, 2.45) is 5.41 Å². The number of anilines is 1. The molecule has 110 valence electrons. The van der Waals surface area contributed by atoms with Gasteiger partial charge in [0.1, 0.15) is 0 Å². The maximum Gasteiger partial charge on any atom is 0.225 e. The predicted octanol–water partition coefficient (Wildman–Crippen LogP) is 1.46. The Morgan fingerprint density at radius 2 is 2.20 bits per heavy atom. The third-order valence-electron chi connectivity index (χ3n) is 4.38. The quantitative estimate of drug-likeness (QED) is 0.836. The van der Waals surface area contributed by atoms with Crippen LogP contribution in [0.3, 0.4) is 0 Å². The summed E-state index contributed by atoms with van der Waals surface area (Å²) in [6, 6.07) is 2.10.